The minimum absolute atomic E-state index is 0.331. The van der Waals surface area contributed by atoms with E-state index in [1.54, 1.807) is 32.7 Å². The van der Waals surface area contributed by atoms with Crippen LogP contribution in [-0.4, -0.2) is 30.2 Å². The summed E-state index contributed by atoms with van der Waals surface area (Å²) in [6.45, 7) is 0.335. The second-order valence-electron chi connectivity index (χ2n) is 5.30. The first-order valence-electron chi connectivity index (χ1n) is 7.80. The van der Waals surface area contributed by atoms with Crippen LogP contribution < -0.4 is 20.1 Å². The average molecular weight is 370 g/mol. The second-order valence-corrected chi connectivity index (χ2v) is 6.16. The van der Waals surface area contributed by atoms with Crippen molar-refractivity contribution in [1.29, 1.82) is 0 Å². The number of hydrogen-bond acceptors (Lipinski definition) is 6. The number of ether oxygens (including phenoxy) is 2. The van der Waals surface area contributed by atoms with Gasteiger partial charge in [0, 0.05) is 35.9 Å². The molecule has 2 heterocycles. The topological polar surface area (TPSA) is 85.4 Å². The van der Waals surface area contributed by atoms with E-state index in [1.165, 1.54) is 11.3 Å². The van der Waals surface area contributed by atoms with Crippen LogP contribution in [0.15, 0.2) is 48.1 Å². The van der Waals surface area contributed by atoms with E-state index in [2.05, 4.69) is 20.6 Å². The van der Waals surface area contributed by atoms with Crippen molar-refractivity contribution in [2.24, 2.45) is 0 Å². The van der Waals surface area contributed by atoms with Crippen molar-refractivity contribution in [2.45, 2.75) is 6.54 Å². The molecule has 0 unspecified atom stereocenters. The number of rotatable bonds is 6. The number of aromatic nitrogens is 2. The van der Waals surface area contributed by atoms with Crippen LogP contribution >= 0.6 is 11.3 Å². The van der Waals surface area contributed by atoms with E-state index in [0.29, 0.717) is 23.2 Å². The Labute approximate surface area is 155 Å². The Morgan fingerprint density at radius 1 is 1.12 bits per heavy atom. The molecular weight excluding hydrogens is 352 g/mol. The van der Waals surface area contributed by atoms with Gasteiger partial charge < -0.3 is 14.8 Å². The van der Waals surface area contributed by atoms with Crippen LogP contribution in [-0.2, 0) is 6.54 Å². The van der Waals surface area contributed by atoms with Crippen molar-refractivity contribution in [3.8, 4) is 22.8 Å². The van der Waals surface area contributed by atoms with Gasteiger partial charge >= 0.3 is 6.03 Å². The van der Waals surface area contributed by atoms with E-state index in [9.17, 15) is 4.79 Å². The maximum atomic E-state index is 12.1. The summed E-state index contributed by atoms with van der Waals surface area (Å²) in [7, 11) is 3.17. The molecule has 2 aromatic heterocycles. The summed E-state index contributed by atoms with van der Waals surface area (Å²) in [6, 6.07) is 8.87. The molecule has 2 amide bonds. The summed E-state index contributed by atoms with van der Waals surface area (Å²) < 4.78 is 10.4. The molecule has 0 fully saturated rings. The Morgan fingerprint density at radius 2 is 1.81 bits per heavy atom. The van der Waals surface area contributed by atoms with E-state index in [-0.39, 0.29) is 6.03 Å². The molecular formula is C18H18N4O3S. The lowest BCUT2D eigenvalue weighted by Crippen LogP contribution is -2.28. The highest BCUT2D eigenvalue weighted by molar-refractivity contribution is 7.14. The zero-order chi connectivity index (χ0) is 18.4. The van der Waals surface area contributed by atoms with Gasteiger partial charge in [0.05, 0.1) is 19.9 Å². The van der Waals surface area contributed by atoms with Crippen LogP contribution in [0.4, 0.5) is 9.93 Å². The van der Waals surface area contributed by atoms with Crippen LogP contribution in [0.3, 0.4) is 0 Å². The van der Waals surface area contributed by atoms with Crippen LogP contribution in [0, 0.1) is 0 Å². The number of nitrogens with one attached hydrogen (secondary N) is 2. The van der Waals surface area contributed by atoms with Gasteiger partial charge in [-0.2, -0.15) is 0 Å². The Hall–Kier alpha value is -3.13. The predicted molar refractivity (Wildman–Crippen MR) is 101 cm³/mol. The molecule has 1 aromatic carbocycles. The molecule has 0 atom stereocenters. The van der Waals surface area contributed by atoms with Gasteiger partial charge in [-0.25, -0.2) is 9.78 Å². The highest BCUT2D eigenvalue weighted by Crippen LogP contribution is 2.24. The molecule has 0 aliphatic carbocycles. The molecule has 0 aliphatic heterocycles. The summed E-state index contributed by atoms with van der Waals surface area (Å²) in [5.74, 6) is 1.34. The fraction of sp³-hybridized carbons (Fsp3) is 0.167. The third-order valence-electron chi connectivity index (χ3n) is 3.57. The number of hydrogen-bond donors (Lipinski definition) is 2. The van der Waals surface area contributed by atoms with Crippen LogP contribution in [0.1, 0.15) is 5.56 Å². The maximum absolute atomic E-state index is 12.1. The summed E-state index contributed by atoms with van der Waals surface area (Å²) in [5, 5.41) is 7.95. The Bertz CT molecular complexity index is 861. The first kappa shape index (κ1) is 17.7. The monoisotopic (exact) mass is 370 g/mol. The fourth-order valence-electron chi connectivity index (χ4n) is 2.28. The second kappa shape index (κ2) is 8.30. The highest BCUT2D eigenvalue weighted by Gasteiger charge is 2.09. The van der Waals surface area contributed by atoms with Crippen molar-refractivity contribution >= 4 is 22.5 Å². The van der Waals surface area contributed by atoms with Gasteiger partial charge in [-0.05, 0) is 29.8 Å². The van der Waals surface area contributed by atoms with Crippen molar-refractivity contribution in [1.82, 2.24) is 15.3 Å². The number of pyridine rings is 1. The molecule has 0 saturated heterocycles. The quantitative estimate of drug-likeness (QED) is 0.693. The fourth-order valence-corrected chi connectivity index (χ4v) is 2.99. The molecule has 7 nitrogen and oxygen atoms in total. The summed E-state index contributed by atoms with van der Waals surface area (Å²) in [6.07, 6.45) is 3.41. The summed E-state index contributed by atoms with van der Waals surface area (Å²) in [5.41, 5.74) is 2.62. The lowest BCUT2D eigenvalue weighted by Gasteiger charge is -2.09. The number of carbonyl (C=O) groups excluding carboxylic acids is 1. The minimum atomic E-state index is -0.331. The lowest BCUT2D eigenvalue weighted by atomic mass is 10.2. The maximum Gasteiger partial charge on any atom is 0.321 e. The smallest absolute Gasteiger partial charge is 0.321 e. The molecule has 0 saturated carbocycles. The van der Waals surface area contributed by atoms with E-state index in [4.69, 9.17) is 9.47 Å². The van der Waals surface area contributed by atoms with Gasteiger partial charge in [-0.15, -0.1) is 11.3 Å². The number of amides is 2. The first-order chi connectivity index (χ1) is 12.7. The van der Waals surface area contributed by atoms with Gasteiger partial charge in [-0.1, -0.05) is 0 Å². The number of thiazole rings is 1. The Morgan fingerprint density at radius 3 is 2.46 bits per heavy atom. The third kappa shape index (κ3) is 4.48. The van der Waals surface area contributed by atoms with Gasteiger partial charge in [0.15, 0.2) is 5.13 Å². The van der Waals surface area contributed by atoms with Crippen molar-refractivity contribution < 1.29 is 14.3 Å². The molecule has 26 heavy (non-hydrogen) atoms. The van der Waals surface area contributed by atoms with Gasteiger partial charge in [0.2, 0.25) is 0 Å². The number of anilines is 1. The molecule has 8 heteroatoms. The molecule has 3 aromatic rings. The zero-order valence-electron chi connectivity index (χ0n) is 14.4. The molecule has 2 N–H and O–H groups in total. The number of carbonyl (C=O) groups is 1. The number of urea groups is 1. The summed E-state index contributed by atoms with van der Waals surface area (Å²) in [4.78, 5) is 20.5. The van der Waals surface area contributed by atoms with E-state index in [1.807, 2.05) is 29.6 Å². The van der Waals surface area contributed by atoms with Crippen LogP contribution in [0.5, 0.6) is 11.5 Å². The Kier molecular flexibility index (Phi) is 5.65. The number of nitrogens with zero attached hydrogens (tertiary/aromatic N) is 2. The average Bonchev–Trinajstić information content (AvgIpc) is 3.15. The van der Waals surface area contributed by atoms with E-state index >= 15 is 0 Å². The molecule has 0 radical (unpaired) electrons. The van der Waals surface area contributed by atoms with Crippen molar-refractivity contribution in [3.63, 3.8) is 0 Å². The highest BCUT2D eigenvalue weighted by atomic mass is 32.1. The van der Waals surface area contributed by atoms with Crippen molar-refractivity contribution in [3.05, 3.63) is 53.7 Å². The Balaban J connectivity index is 1.59. The minimum Gasteiger partial charge on any atom is -0.497 e. The number of methoxy groups -OCH3 is 2. The first-order valence-corrected chi connectivity index (χ1v) is 8.68. The third-order valence-corrected chi connectivity index (χ3v) is 4.32. The summed E-state index contributed by atoms with van der Waals surface area (Å²) >= 11 is 1.36. The molecule has 134 valence electrons. The predicted octanol–water partition coefficient (Wildman–Crippen LogP) is 3.54. The SMILES string of the molecule is COc1cc(CNC(=O)Nc2nc(-c3ccncc3)cs2)cc(OC)c1. The van der Waals surface area contributed by atoms with Crippen LogP contribution in [0.25, 0.3) is 11.3 Å². The molecule has 0 spiro atoms. The molecule has 0 bridgehead atoms. The molecule has 3 rings (SSSR count). The van der Waals surface area contributed by atoms with E-state index in [0.717, 1.165) is 16.8 Å². The lowest BCUT2D eigenvalue weighted by molar-refractivity contribution is 0.251. The zero-order valence-corrected chi connectivity index (χ0v) is 15.2. The normalized spacial score (nSPS) is 10.2. The number of benzene rings is 1. The van der Waals surface area contributed by atoms with Gasteiger partial charge in [0.1, 0.15) is 11.5 Å². The van der Waals surface area contributed by atoms with Crippen LogP contribution in [0.2, 0.25) is 0 Å². The van der Waals surface area contributed by atoms with E-state index < -0.39 is 0 Å². The largest absolute Gasteiger partial charge is 0.497 e. The van der Waals surface area contributed by atoms with Crippen molar-refractivity contribution in [2.75, 3.05) is 19.5 Å². The van der Waals surface area contributed by atoms with Gasteiger partial charge in [-0.3, -0.25) is 10.3 Å². The molecule has 0 aliphatic rings. The standard InChI is InChI=1S/C18H18N4O3S/c1-24-14-7-12(8-15(9-14)25-2)10-20-17(23)22-18-21-16(11-26-18)13-3-5-19-6-4-13/h3-9,11H,10H2,1-2H3,(H2,20,21,22,23). The van der Waals surface area contributed by atoms with Gasteiger partial charge in [0.25, 0.3) is 0 Å².